The Morgan fingerprint density at radius 3 is 2.83 bits per heavy atom. The smallest absolute Gasteiger partial charge is 0.234 e. The van der Waals surface area contributed by atoms with E-state index in [2.05, 4.69) is 29.3 Å². The number of rotatable bonds is 8. The van der Waals surface area contributed by atoms with E-state index in [4.69, 9.17) is 9.47 Å². The van der Waals surface area contributed by atoms with Crippen LogP contribution in [0.2, 0.25) is 0 Å². The third kappa shape index (κ3) is 5.30. The van der Waals surface area contributed by atoms with Gasteiger partial charge in [-0.3, -0.25) is 9.69 Å². The summed E-state index contributed by atoms with van der Waals surface area (Å²) >= 11 is 0. The predicted molar refractivity (Wildman–Crippen MR) is 90.5 cm³/mol. The lowest BCUT2D eigenvalue weighted by Crippen LogP contribution is -2.42. The summed E-state index contributed by atoms with van der Waals surface area (Å²) in [6.07, 6.45) is 1.97. The van der Waals surface area contributed by atoms with E-state index >= 15 is 0 Å². The van der Waals surface area contributed by atoms with Crippen molar-refractivity contribution in [1.82, 2.24) is 10.2 Å². The van der Waals surface area contributed by atoms with E-state index in [1.807, 2.05) is 12.1 Å². The number of hydrogen-bond donors (Lipinski definition) is 1. The molecular weight excluding hydrogens is 292 g/mol. The topological polar surface area (TPSA) is 50.8 Å². The summed E-state index contributed by atoms with van der Waals surface area (Å²) in [5.74, 6) is 0.0661. The summed E-state index contributed by atoms with van der Waals surface area (Å²) in [7, 11) is 3.42. The molecular formula is C18H28N2O3. The summed E-state index contributed by atoms with van der Waals surface area (Å²) < 4.78 is 10.7. The van der Waals surface area contributed by atoms with Crippen LogP contribution in [0.3, 0.4) is 0 Å². The molecule has 1 fully saturated rings. The van der Waals surface area contributed by atoms with E-state index in [1.54, 1.807) is 14.2 Å². The number of ether oxygens (including phenoxy) is 2. The van der Waals surface area contributed by atoms with E-state index < -0.39 is 0 Å². The summed E-state index contributed by atoms with van der Waals surface area (Å²) in [4.78, 5) is 14.3. The SMILES string of the molecule is COC[C@@H]1C[C@H](OC)CN1CC(=O)NCCc1ccccc1C. The number of benzene rings is 1. The third-order valence-electron chi connectivity index (χ3n) is 4.51. The maximum atomic E-state index is 12.2. The number of carbonyl (C=O) groups is 1. The molecule has 1 aliphatic heterocycles. The second kappa shape index (κ2) is 9.01. The molecule has 0 spiro atoms. The zero-order valence-corrected chi connectivity index (χ0v) is 14.4. The van der Waals surface area contributed by atoms with Crippen LogP contribution in [0.1, 0.15) is 17.5 Å². The number of nitrogens with zero attached hydrogens (tertiary/aromatic N) is 1. The second-order valence-electron chi connectivity index (χ2n) is 6.16. The first kappa shape index (κ1) is 17.9. The van der Waals surface area contributed by atoms with Gasteiger partial charge in [0.15, 0.2) is 0 Å². The largest absolute Gasteiger partial charge is 0.383 e. The number of hydrogen-bond acceptors (Lipinski definition) is 4. The zero-order valence-electron chi connectivity index (χ0n) is 14.4. The lowest BCUT2D eigenvalue weighted by molar-refractivity contribution is -0.122. The molecule has 0 unspecified atom stereocenters. The quantitative estimate of drug-likeness (QED) is 0.786. The third-order valence-corrected chi connectivity index (χ3v) is 4.51. The molecule has 1 aliphatic rings. The van der Waals surface area contributed by atoms with Crippen LogP contribution >= 0.6 is 0 Å². The van der Waals surface area contributed by atoms with Crippen molar-refractivity contribution in [3.63, 3.8) is 0 Å². The lowest BCUT2D eigenvalue weighted by Gasteiger charge is -2.22. The highest BCUT2D eigenvalue weighted by atomic mass is 16.5. The molecule has 0 aliphatic carbocycles. The fourth-order valence-corrected chi connectivity index (χ4v) is 3.14. The van der Waals surface area contributed by atoms with Gasteiger partial charge < -0.3 is 14.8 Å². The molecule has 2 rings (SSSR count). The molecule has 128 valence electrons. The van der Waals surface area contributed by atoms with Gasteiger partial charge in [-0.2, -0.15) is 0 Å². The van der Waals surface area contributed by atoms with Crippen LogP contribution in [0.15, 0.2) is 24.3 Å². The predicted octanol–water partition coefficient (Wildman–Crippen LogP) is 1.39. The number of amides is 1. The molecule has 2 atom stereocenters. The van der Waals surface area contributed by atoms with Crippen LogP contribution in [0.5, 0.6) is 0 Å². The second-order valence-corrected chi connectivity index (χ2v) is 6.16. The molecule has 1 aromatic rings. The number of likely N-dealkylation sites (tertiary alicyclic amines) is 1. The molecule has 5 nitrogen and oxygen atoms in total. The number of carbonyl (C=O) groups excluding carboxylic acids is 1. The van der Waals surface area contributed by atoms with Crippen LogP contribution in [0.25, 0.3) is 0 Å². The Hall–Kier alpha value is -1.43. The Labute approximate surface area is 139 Å². The van der Waals surface area contributed by atoms with Crippen LogP contribution in [-0.4, -0.2) is 63.4 Å². The first-order valence-electron chi connectivity index (χ1n) is 8.21. The molecule has 1 aromatic carbocycles. The van der Waals surface area contributed by atoms with Gasteiger partial charge in [0.25, 0.3) is 0 Å². The minimum absolute atomic E-state index is 0.0661. The molecule has 0 saturated carbocycles. The highest BCUT2D eigenvalue weighted by molar-refractivity contribution is 5.78. The minimum atomic E-state index is 0.0661. The standard InChI is InChI=1S/C18H28N2O3/c1-14-6-4-5-7-15(14)8-9-19-18(21)12-20-11-17(23-3)10-16(20)13-22-2/h4-7,16-17H,8-13H2,1-3H3,(H,19,21)/t16-,17-/m0/s1. The fourth-order valence-electron chi connectivity index (χ4n) is 3.14. The lowest BCUT2D eigenvalue weighted by atomic mass is 10.1. The van der Waals surface area contributed by atoms with E-state index in [-0.39, 0.29) is 18.1 Å². The molecule has 0 bridgehead atoms. The van der Waals surface area contributed by atoms with Crippen molar-refractivity contribution in [2.24, 2.45) is 0 Å². The van der Waals surface area contributed by atoms with Gasteiger partial charge in [-0.25, -0.2) is 0 Å². The van der Waals surface area contributed by atoms with Crippen LogP contribution in [-0.2, 0) is 20.7 Å². The average Bonchev–Trinajstić information content (AvgIpc) is 2.91. The molecule has 1 saturated heterocycles. The number of aryl methyl sites for hydroxylation is 1. The van der Waals surface area contributed by atoms with Crippen LogP contribution in [0, 0.1) is 6.92 Å². The van der Waals surface area contributed by atoms with Gasteiger partial charge in [-0.05, 0) is 30.9 Å². The Bertz CT molecular complexity index is 507. The average molecular weight is 320 g/mol. The van der Waals surface area contributed by atoms with Crippen molar-refractivity contribution >= 4 is 5.91 Å². The van der Waals surface area contributed by atoms with Crippen molar-refractivity contribution in [3.8, 4) is 0 Å². The normalized spacial score (nSPS) is 21.5. The Balaban J connectivity index is 1.76. The molecule has 0 aromatic heterocycles. The minimum Gasteiger partial charge on any atom is -0.383 e. The Kier molecular flexibility index (Phi) is 7.02. The van der Waals surface area contributed by atoms with Crippen molar-refractivity contribution in [1.29, 1.82) is 0 Å². The summed E-state index contributed by atoms with van der Waals surface area (Å²) in [6, 6.07) is 8.54. The maximum Gasteiger partial charge on any atom is 0.234 e. The van der Waals surface area contributed by atoms with Gasteiger partial charge in [-0.15, -0.1) is 0 Å². The van der Waals surface area contributed by atoms with Crippen molar-refractivity contribution in [2.45, 2.75) is 31.9 Å². The van der Waals surface area contributed by atoms with Crippen molar-refractivity contribution < 1.29 is 14.3 Å². The van der Waals surface area contributed by atoms with Gasteiger partial charge >= 0.3 is 0 Å². The molecule has 0 radical (unpaired) electrons. The van der Waals surface area contributed by atoms with Gasteiger partial charge in [0.05, 0.1) is 19.3 Å². The van der Waals surface area contributed by atoms with Gasteiger partial charge in [0, 0.05) is 33.4 Å². The van der Waals surface area contributed by atoms with Gasteiger partial charge in [-0.1, -0.05) is 24.3 Å². The van der Waals surface area contributed by atoms with Crippen LogP contribution in [0.4, 0.5) is 0 Å². The fraction of sp³-hybridized carbons (Fsp3) is 0.611. The zero-order chi connectivity index (χ0) is 16.7. The highest BCUT2D eigenvalue weighted by Gasteiger charge is 2.32. The molecule has 23 heavy (non-hydrogen) atoms. The van der Waals surface area contributed by atoms with Gasteiger partial charge in [0.2, 0.25) is 5.91 Å². The van der Waals surface area contributed by atoms with Crippen molar-refractivity contribution in [3.05, 3.63) is 35.4 Å². The van der Waals surface area contributed by atoms with E-state index in [0.29, 0.717) is 19.7 Å². The Morgan fingerprint density at radius 2 is 2.13 bits per heavy atom. The van der Waals surface area contributed by atoms with E-state index in [0.717, 1.165) is 19.4 Å². The molecule has 1 N–H and O–H groups in total. The number of methoxy groups -OCH3 is 2. The van der Waals surface area contributed by atoms with E-state index in [1.165, 1.54) is 11.1 Å². The number of nitrogens with one attached hydrogen (secondary N) is 1. The summed E-state index contributed by atoms with van der Waals surface area (Å²) in [6.45, 7) is 4.59. The van der Waals surface area contributed by atoms with Crippen LogP contribution < -0.4 is 5.32 Å². The van der Waals surface area contributed by atoms with Gasteiger partial charge in [0.1, 0.15) is 0 Å². The Morgan fingerprint density at radius 1 is 1.35 bits per heavy atom. The molecule has 5 heteroatoms. The first-order chi connectivity index (χ1) is 11.1. The maximum absolute atomic E-state index is 12.2. The highest BCUT2D eigenvalue weighted by Crippen LogP contribution is 2.19. The first-order valence-corrected chi connectivity index (χ1v) is 8.21. The summed E-state index contributed by atoms with van der Waals surface area (Å²) in [5, 5.41) is 3.02. The monoisotopic (exact) mass is 320 g/mol. The van der Waals surface area contributed by atoms with E-state index in [9.17, 15) is 4.79 Å². The van der Waals surface area contributed by atoms with Crippen molar-refractivity contribution in [2.75, 3.05) is 40.5 Å². The summed E-state index contributed by atoms with van der Waals surface area (Å²) in [5.41, 5.74) is 2.55. The molecule has 1 amide bonds. The molecule has 1 heterocycles.